The lowest BCUT2D eigenvalue weighted by atomic mass is 9.78. The SMILES string of the molecule is CCCC(C)(CC)OC(=O)c1ccc(C(C)(C)c2ccc(OC(C)(CC)CCC)cc2)cc1. The van der Waals surface area contributed by atoms with E-state index in [1.807, 2.05) is 31.2 Å². The van der Waals surface area contributed by atoms with E-state index >= 15 is 0 Å². The van der Waals surface area contributed by atoms with Crippen LogP contribution < -0.4 is 4.74 Å². The first-order valence-electron chi connectivity index (χ1n) is 12.7. The van der Waals surface area contributed by atoms with E-state index in [0.29, 0.717) is 5.56 Å². The molecule has 0 aliphatic carbocycles. The van der Waals surface area contributed by atoms with Crippen LogP contribution in [0.5, 0.6) is 5.75 Å². The predicted molar refractivity (Wildman–Crippen MR) is 138 cm³/mol. The Hall–Kier alpha value is -2.29. The maximum Gasteiger partial charge on any atom is 0.338 e. The molecule has 2 unspecified atom stereocenters. The summed E-state index contributed by atoms with van der Waals surface area (Å²) in [5, 5.41) is 0. The molecular weight excluding hydrogens is 408 g/mol. The molecular formula is C30H44O3. The molecule has 0 N–H and O–H groups in total. The quantitative estimate of drug-likeness (QED) is 0.303. The zero-order valence-corrected chi connectivity index (χ0v) is 22.1. The van der Waals surface area contributed by atoms with Crippen LogP contribution in [-0.4, -0.2) is 17.2 Å². The Balaban J connectivity index is 2.16. The highest BCUT2D eigenvalue weighted by atomic mass is 16.6. The zero-order chi connectivity index (χ0) is 24.7. The molecule has 0 heterocycles. The first kappa shape index (κ1) is 27.0. The molecule has 0 spiro atoms. The van der Waals surface area contributed by atoms with E-state index in [0.717, 1.165) is 49.8 Å². The van der Waals surface area contributed by atoms with Gasteiger partial charge in [-0.05, 0) is 74.9 Å². The fourth-order valence-corrected chi connectivity index (χ4v) is 4.35. The van der Waals surface area contributed by atoms with Gasteiger partial charge in [-0.25, -0.2) is 4.79 Å². The molecule has 3 nitrogen and oxygen atoms in total. The molecule has 0 aliphatic rings. The summed E-state index contributed by atoms with van der Waals surface area (Å²) < 4.78 is 12.2. The van der Waals surface area contributed by atoms with Gasteiger partial charge >= 0.3 is 5.97 Å². The Labute approximate surface area is 201 Å². The van der Waals surface area contributed by atoms with Gasteiger partial charge in [0.05, 0.1) is 5.56 Å². The minimum atomic E-state index is -0.404. The number of carbonyl (C=O) groups is 1. The van der Waals surface area contributed by atoms with Crippen LogP contribution in [0.2, 0.25) is 0 Å². The summed E-state index contributed by atoms with van der Waals surface area (Å²) in [5.41, 5.74) is 2.24. The Morgan fingerprint density at radius 1 is 0.697 bits per heavy atom. The summed E-state index contributed by atoms with van der Waals surface area (Å²) >= 11 is 0. The van der Waals surface area contributed by atoms with Crippen LogP contribution in [0.1, 0.15) is 115 Å². The van der Waals surface area contributed by atoms with E-state index in [1.165, 1.54) is 5.56 Å². The molecule has 0 saturated carbocycles. The Bertz CT molecular complexity index is 882. The van der Waals surface area contributed by atoms with Crippen LogP contribution in [0.3, 0.4) is 0 Å². The molecule has 0 aromatic heterocycles. The van der Waals surface area contributed by atoms with Gasteiger partial charge in [-0.1, -0.05) is 78.6 Å². The highest BCUT2D eigenvalue weighted by Gasteiger charge is 2.28. The number of hydrogen-bond donors (Lipinski definition) is 0. The van der Waals surface area contributed by atoms with Crippen molar-refractivity contribution in [1.82, 2.24) is 0 Å². The molecule has 0 bridgehead atoms. The summed E-state index contributed by atoms with van der Waals surface area (Å²) in [7, 11) is 0. The molecule has 33 heavy (non-hydrogen) atoms. The molecule has 0 fully saturated rings. The molecule has 2 atom stereocenters. The number of benzene rings is 2. The predicted octanol–water partition coefficient (Wildman–Crippen LogP) is 8.49. The third-order valence-corrected chi connectivity index (χ3v) is 7.18. The second-order valence-electron chi connectivity index (χ2n) is 10.3. The van der Waals surface area contributed by atoms with Gasteiger partial charge in [-0.2, -0.15) is 0 Å². The molecule has 0 amide bonds. The summed E-state index contributed by atoms with van der Waals surface area (Å²) in [6.45, 7) is 17.2. The lowest BCUT2D eigenvalue weighted by Crippen LogP contribution is -2.31. The van der Waals surface area contributed by atoms with Crippen LogP contribution in [0, 0.1) is 0 Å². The van der Waals surface area contributed by atoms with Crippen molar-refractivity contribution in [2.24, 2.45) is 0 Å². The second kappa shape index (κ2) is 11.2. The maximum atomic E-state index is 12.7. The minimum Gasteiger partial charge on any atom is -0.488 e. The molecule has 3 heteroatoms. The highest BCUT2D eigenvalue weighted by Crippen LogP contribution is 2.34. The van der Waals surface area contributed by atoms with Crippen LogP contribution in [-0.2, 0) is 10.2 Å². The Kier molecular flexibility index (Phi) is 9.17. The van der Waals surface area contributed by atoms with Crippen molar-refractivity contribution in [3.05, 3.63) is 65.2 Å². The van der Waals surface area contributed by atoms with E-state index < -0.39 is 5.60 Å². The monoisotopic (exact) mass is 452 g/mol. The summed E-state index contributed by atoms with van der Waals surface area (Å²) in [6.07, 6.45) is 5.81. The third kappa shape index (κ3) is 6.85. The molecule has 182 valence electrons. The molecule has 0 aliphatic heterocycles. The average molecular weight is 453 g/mol. The van der Waals surface area contributed by atoms with Crippen molar-refractivity contribution in [1.29, 1.82) is 0 Å². The van der Waals surface area contributed by atoms with Gasteiger partial charge in [-0.15, -0.1) is 0 Å². The summed E-state index contributed by atoms with van der Waals surface area (Å²) in [5.74, 6) is 0.668. The van der Waals surface area contributed by atoms with E-state index in [-0.39, 0.29) is 17.0 Å². The normalized spacial score (nSPS) is 15.4. The van der Waals surface area contributed by atoms with Gasteiger partial charge in [0.2, 0.25) is 0 Å². The molecule has 2 aromatic carbocycles. The van der Waals surface area contributed by atoms with Gasteiger partial charge in [-0.3, -0.25) is 0 Å². The fraction of sp³-hybridized carbons (Fsp3) is 0.567. The average Bonchev–Trinajstić information content (AvgIpc) is 2.79. The number of rotatable bonds is 12. The fourth-order valence-electron chi connectivity index (χ4n) is 4.35. The van der Waals surface area contributed by atoms with Gasteiger partial charge in [0.25, 0.3) is 0 Å². The van der Waals surface area contributed by atoms with Gasteiger partial charge in [0.1, 0.15) is 17.0 Å². The Morgan fingerprint density at radius 2 is 1.15 bits per heavy atom. The van der Waals surface area contributed by atoms with Crippen LogP contribution >= 0.6 is 0 Å². The number of carbonyl (C=O) groups excluding carboxylic acids is 1. The molecule has 0 radical (unpaired) electrons. The van der Waals surface area contributed by atoms with Crippen LogP contribution in [0.4, 0.5) is 0 Å². The van der Waals surface area contributed by atoms with Crippen LogP contribution in [0.15, 0.2) is 48.5 Å². The maximum absolute atomic E-state index is 12.7. The second-order valence-corrected chi connectivity index (χ2v) is 10.3. The van der Waals surface area contributed by atoms with Crippen molar-refractivity contribution in [3.63, 3.8) is 0 Å². The highest BCUT2D eigenvalue weighted by molar-refractivity contribution is 5.89. The first-order valence-corrected chi connectivity index (χ1v) is 12.7. The summed E-state index contributed by atoms with van der Waals surface area (Å²) in [4.78, 5) is 12.7. The standard InChI is InChI=1S/C30H44O3/c1-9-21-29(7,11-3)32-26-19-17-25(18-20-26)28(5,6)24-15-13-23(14-16-24)27(31)33-30(8,12-4)22-10-2/h13-20H,9-12,21-22H2,1-8H3. The number of hydrogen-bond acceptors (Lipinski definition) is 3. The largest absolute Gasteiger partial charge is 0.488 e. The number of esters is 1. The van der Waals surface area contributed by atoms with E-state index in [2.05, 4.69) is 72.7 Å². The van der Waals surface area contributed by atoms with Gasteiger partial charge in [0.15, 0.2) is 0 Å². The topological polar surface area (TPSA) is 35.5 Å². The van der Waals surface area contributed by atoms with Crippen LogP contribution in [0.25, 0.3) is 0 Å². The summed E-state index contributed by atoms with van der Waals surface area (Å²) in [6, 6.07) is 16.3. The molecule has 2 aromatic rings. The van der Waals surface area contributed by atoms with Crippen molar-refractivity contribution in [3.8, 4) is 5.75 Å². The van der Waals surface area contributed by atoms with Crippen molar-refractivity contribution >= 4 is 5.97 Å². The zero-order valence-electron chi connectivity index (χ0n) is 22.1. The number of ether oxygens (including phenoxy) is 2. The molecule has 0 saturated heterocycles. The Morgan fingerprint density at radius 3 is 1.61 bits per heavy atom. The van der Waals surface area contributed by atoms with Gasteiger partial charge < -0.3 is 9.47 Å². The lowest BCUT2D eigenvalue weighted by molar-refractivity contribution is -0.0156. The smallest absolute Gasteiger partial charge is 0.338 e. The van der Waals surface area contributed by atoms with Gasteiger partial charge in [0, 0.05) is 5.41 Å². The minimum absolute atomic E-state index is 0.124. The third-order valence-electron chi connectivity index (χ3n) is 7.18. The van der Waals surface area contributed by atoms with E-state index in [4.69, 9.17) is 9.47 Å². The van der Waals surface area contributed by atoms with Crippen molar-refractivity contribution < 1.29 is 14.3 Å². The van der Waals surface area contributed by atoms with Crippen molar-refractivity contribution in [2.45, 2.75) is 111 Å². The lowest BCUT2D eigenvalue weighted by Gasteiger charge is -2.30. The van der Waals surface area contributed by atoms with E-state index in [1.54, 1.807) is 0 Å². The molecule has 2 rings (SSSR count). The first-order chi connectivity index (χ1) is 15.5. The van der Waals surface area contributed by atoms with Crippen molar-refractivity contribution in [2.75, 3.05) is 0 Å². The van der Waals surface area contributed by atoms with E-state index in [9.17, 15) is 4.79 Å².